The molecule has 1 heterocycles. The van der Waals surface area contributed by atoms with Crippen molar-refractivity contribution >= 4 is 6.34 Å². The summed E-state index contributed by atoms with van der Waals surface area (Å²) in [7, 11) is 0. The molecule has 3 nitrogen and oxygen atoms in total. The van der Waals surface area contributed by atoms with Gasteiger partial charge >= 0.3 is 0 Å². The van der Waals surface area contributed by atoms with Crippen molar-refractivity contribution in [2.75, 3.05) is 6.54 Å². The van der Waals surface area contributed by atoms with E-state index in [4.69, 9.17) is 0 Å². The highest BCUT2D eigenvalue weighted by atomic mass is 35.5. The van der Waals surface area contributed by atoms with E-state index in [0.717, 1.165) is 0 Å². The van der Waals surface area contributed by atoms with Crippen molar-refractivity contribution in [1.82, 2.24) is 0 Å². The molecule has 0 aliphatic carbocycles. The SMILES string of the molecule is CC[N+]1(O)C=CN=C1.[Cl-]. The Labute approximate surface area is 60.3 Å². The summed E-state index contributed by atoms with van der Waals surface area (Å²) in [6.45, 7) is 2.53. The molecule has 1 N–H and O–H groups in total. The topological polar surface area (TPSA) is 32.6 Å². The molecule has 1 aliphatic rings. The zero-order valence-corrected chi connectivity index (χ0v) is 5.91. The van der Waals surface area contributed by atoms with E-state index in [1.54, 1.807) is 12.4 Å². The number of rotatable bonds is 1. The lowest BCUT2D eigenvalue weighted by atomic mass is 10.6. The highest BCUT2D eigenvalue weighted by Crippen LogP contribution is 2.03. The van der Waals surface area contributed by atoms with E-state index in [1.165, 1.54) is 6.34 Å². The highest BCUT2D eigenvalue weighted by molar-refractivity contribution is 5.49. The van der Waals surface area contributed by atoms with E-state index in [-0.39, 0.29) is 17.1 Å². The molecule has 0 amide bonds. The monoisotopic (exact) mass is 148 g/mol. The number of quaternary nitrogens is 1. The molecular weight excluding hydrogens is 140 g/mol. The summed E-state index contributed by atoms with van der Waals surface area (Å²) in [6.07, 6.45) is 4.70. The Morgan fingerprint density at radius 3 is 2.56 bits per heavy atom. The van der Waals surface area contributed by atoms with Crippen LogP contribution in [0, 0.1) is 0 Å². The fourth-order valence-corrected chi connectivity index (χ4v) is 0.533. The number of hydroxylamine groups is 3. The lowest BCUT2D eigenvalue weighted by Gasteiger charge is -2.13. The van der Waals surface area contributed by atoms with Crippen molar-refractivity contribution in [3.63, 3.8) is 0 Å². The average molecular weight is 149 g/mol. The van der Waals surface area contributed by atoms with Crippen LogP contribution >= 0.6 is 0 Å². The summed E-state index contributed by atoms with van der Waals surface area (Å²) >= 11 is 0. The van der Waals surface area contributed by atoms with Gasteiger partial charge in [0.2, 0.25) is 6.34 Å². The van der Waals surface area contributed by atoms with Crippen LogP contribution in [0.2, 0.25) is 0 Å². The van der Waals surface area contributed by atoms with Gasteiger partial charge in [-0.05, 0) is 6.92 Å². The quantitative estimate of drug-likeness (QED) is 0.418. The Hall–Kier alpha value is -0.380. The fourth-order valence-electron chi connectivity index (χ4n) is 0.533. The first-order valence-corrected chi connectivity index (χ1v) is 2.59. The van der Waals surface area contributed by atoms with Crippen molar-refractivity contribution in [2.24, 2.45) is 4.99 Å². The molecule has 1 rings (SSSR count). The van der Waals surface area contributed by atoms with Gasteiger partial charge in [-0.15, -0.1) is 4.65 Å². The van der Waals surface area contributed by atoms with Gasteiger partial charge in [0.25, 0.3) is 0 Å². The van der Waals surface area contributed by atoms with E-state index in [0.29, 0.717) is 6.54 Å². The summed E-state index contributed by atoms with van der Waals surface area (Å²) in [5.74, 6) is 0. The van der Waals surface area contributed by atoms with Crippen LogP contribution in [0.25, 0.3) is 0 Å². The van der Waals surface area contributed by atoms with Crippen molar-refractivity contribution in [2.45, 2.75) is 6.92 Å². The Morgan fingerprint density at radius 2 is 2.33 bits per heavy atom. The zero-order chi connectivity index (χ0) is 6.04. The molecule has 0 aromatic heterocycles. The summed E-state index contributed by atoms with van der Waals surface area (Å²) in [5.41, 5.74) is 0. The summed E-state index contributed by atoms with van der Waals surface area (Å²) in [4.78, 5) is 3.72. The van der Waals surface area contributed by atoms with Crippen molar-refractivity contribution < 1.29 is 22.3 Å². The molecule has 0 bridgehead atoms. The molecule has 52 valence electrons. The number of halogens is 1. The summed E-state index contributed by atoms with van der Waals surface area (Å²) in [5, 5.41) is 9.20. The van der Waals surface area contributed by atoms with Crippen LogP contribution in [0.3, 0.4) is 0 Å². The van der Waals surface area contributed by atoms with Crippen LogP contribution in [0.15, 0.2) is 17.4 Å². The lowest BCUT2D eigenvalue weighted by Crippen LogP contribution is -3.00. The first-order valence-electron chi connectivity index (χ1n) is 2.59. The van der Waals surface area contributed by atoms with Crippen molar-refractivity contribution in [3.8, 4) is 0 Å². The lowest BCUT2D eigenvalue weighted by molar-refractivity contribution is -0.980. The molecule has 0 saturated heterocycles. The molecular formula is C5H9ClN2O. The van der Waals surface area contributed by atoms with Crippen molar-refractivity contribution in [3.05, 3.63) is 12.4 Å². The molecule has 1 aliphatic heterocycles. The van der Waals surface area contributed by atoms with Gasteiger partial charge in [0.1, 0.15) is 6.54 Å². The Balaban J connectivity index is 0.000000640. The molecule has 0 aromatic rings. The minimum Gasteiger partial charge on any atom is -1.00 e. The summed E-state index contributed by atoms with van der Waals surface area (Å²) < 4.78 is -0.153. The number of hydrogen-bond donors (Lipinski definition) is 1. The number of aliphatic imine (C=N–C) groups is 1. The van der Waals surface area contributed by atoms with E-state index < -0.39 is 0 Å². The van der Waals surface area contributed by atoms with Gasteiger partial charge in [0, 0.05) is 0 Å². The second-order valence-corrected chi connectivity index (χ2v) is 1.77. The smallest absolute Gasteiger partial charge is 0.227 e. The minimum absolute atomic E-state index is 0. The molecule has 0 aromatic carbocycles. The van der Waals surface area contributed by atoms with Crippen molar-refractivity contribution in [1.29, 1.82) is 0 Å². The van der Waals surface area contributed by atoms with Crippen LogP contribution in [-0.2, 0) is 0 Å². The predicted octanol–water partition coefficient (Wildman–Crippen LogP) is -2.27. The third-order valence-electron chi connectivity index (χ3n) is 1.18. The minimum atomic E-state index is -0.153. The standard InChI is InChI=1S/C5H9N2O.ClH/c1-2-7(8)4-3-6-5-7;/h3-5,8H,2H2,1H3;1H/q+1;/p-1. The number of nitrogens with zero attached hydrogens (tertiary/aromatic N) is 2. The van der Waals surface area contributed by atoms with Crippen LogP contribution in [0.1, 0.15) is 6.92 Å². The molecule has 0 fully saturated rings. The molecule has 1 atom stereocenters. The van der Waals surface area contributed by atoms with E-state index >= 15 is 0 Å². The van der Waals surface area contributed by atoms with Crippen LogP contribution < -0.4 is 12.4 Å². The van der Waals surface area contributed by atoms with Crippen LogP contribution in [0.4, 0.5) is 0 Å². The maximum absolute atomic E-state index is 9.20. The zero-order valence-electron chi connectivity index (χ0n) is 5.16. The normalized spacial score (nSPS) is 30.4. The van der Waals surface area contributed by atoms with E-state index in [2.05, 4.69) is 4.99 Å². The average Bonchev–Trinajstić information content (AvgIpc) is 2.17. The second kappa shape index (κ2) is 2.96. The number of hydrogen-bond acceptors (Lipinski definition) is 2. The molecule has 0 spiro atoms. The van der Waals surface area contributed by atoms with Gasteiger partial charge in [-0.2, -0.15) is 0 Å². The summed E-state index contributed by atoms with van der Waals surface area (Å²) in [6, 6.07) is 0. The predicted molar refractivity (Wildman–Crippen MR) is 30.2 cm³/mol. The van der Waals surface area contributed by atoms with Gasteiger partial charge < -0.3 is 12.4 Å². The largest absolute Gasteiger partial charge is 1.00 e. The maximum atomic E-state index is 9.20. The first-order chi connectivity index (χ1) is 3.77. The Kier molecular flexibility index (Phi) is 2.84. The van der Waals surface area contributed by atoms with Gasteiger partial charge in [-0.1, -0.05) is 0 Å². The molecule has 4 heteroatoms. The third-order valence-corrected chi connectivity index (χ3v) is 1.18. The van der Waals surface area contributed by atoms with Gasteiger partial charge in [-0.3, -0.25) is 0 Å². The van der Waals surface area contributed by atoms with Gasteiger partial charge in [0.05, 0.1) is 6.20 Å². The maximum Gasteiger partial charge on any atom is 0.227 e. The first kappa shape index (κ1) is 8.62. The van der Waals surface area contributed by atoms with Gasteiger partial charge in [-0.25, -0.2) is 10.2 Å². The van der Waals surface area contributed by atoms with Crippen LogP contribution in [-0.4, -0.2) is 22.7 Å². The Morgan fingerprint density at radius 1 is 1.67 bits per heavy atom. The van der Waals surface area contributed by atoms with E-state index in [1.807, 2.05) is 6.92 Å². The Bertz CT molecular complexity index is 132. The van der Waals surface area contributed by atoms with Gasteiger partial charge in [0.15, 0.2) is 6.20 Å². The molecule has 0 radical (unpaired) electrons. The highest BCUT2D eigenvalue weighted by Gasteiger charge is 2.19. The molecule has 1 unspecified atom stereocenters. The van der Waals surface area contributed by atoms with Crippen LogP contribution in [0.5, 0.6) is 0 Å². The fraction of sp³-hybridized carbons (Fsp3) is 0.400. The molecule has 0 saturated carbocycles. The van der Waals surface area contributed by atoms with E-state index in [9.17, 15) is 5.21 Å². The third kappa shape index (κ3) is 1.78. The second-order valence-electron chi connectivity index (χ2n) is 1.77. The molecule has 9 heavy (non-hydrogen) atoms.